The number of aromatic hydroxyl groups is 1. The Bertz CT molecular complexity index is 1370. The van der Waals surface area contributed by atoms with E-state index in [9.17, 15) is 14.7 Å². The molecule has 0 aliphatic heterocycles. The standard InChI is InChI=1S/C20H14ClN5O4S/c1-10-17(24-23-13-6-7-14(19(29)30)16(27)8-13)18(28)26(25-10)20-22-15(9-31-20)11-2-4-12(21)5-3-11/h2-9,25,27H,1H3,(H,29,30). The van der Waals surface area contributed by atoms with Crippen LogP contribution < -0.4 is 5.56 Å². The average Bonchev–Trinajstić information content (AvgIpc) is 3.32. The maximum Gasteiger partial charge on any atom is 0.339 e. The number of aromatic nitrogens is 3. The van der Waals surface area contributed by atoms with Gasteiger partial charge in [-0.3, -0.25) is 9.89 Å². The number of nitrogens with zero attached hydrogens (tertiary/aromatic N) is 4. The van der Waals surface area contributed by atoms with Crippen LogP contribution in [-0.4, -0.2) is 30.9 Å². The van der Waals surface area contributed by atoms with E-state index >= 15 is 0 Å². The molecule has 4 rings (SSSR count). The zero-order valence-electron chi connectivity index (χ0n) is 15.9. The molecule has 0 radical (unpaired) electrons. The number of hydrogen-bond donors (Lipinski definition) is 3. The van der Waals surface area contributed by atoms with Gasteiger partial charge in [-0.25, -0.2) is 9.78 Å². The van der Waals surface area contributed by atoms with E-state index in [0.29, 0.717) is 21.5 Å². The van der Waals surface area contributed by atoms with Crippen molar-refractivity contribution in [3.63, 3.8) is 0 Å². The molecule has 31 heavy (non-hydrogen) atoms. The maximum absolute atomic E-state index is 12.8. The van der Waals surface area contributed by atoms with E-state index in [-0.39, 0.29) is 16.9 Å². The number of carboxylic acid groups (broad SMARTS) is 1. The van der Waals surface area contributed by atoms with Gasteiger partial charge in [-0.15, -0.1) is 16.5 Å². The quantitative estimate of drug-likeness (QED) is 0.361. The zero-order valence-corrected chi connectivity index (χ0v) is 17.5. The first kappa shape index (κ1) is 20.5. The third kappa shape index (κ3) is 4.11. The molecule has 0 saturated carbocycles. The third-order valence-corrected chi connectivity index (χ3v) is 5.42. The summed E-state index contributed by atoms with van der Waals surface area (Å²) in [6, 6.07) is 11.0. The van der Waals surface area contributed by atoms with Gasteiger partial charge in [0.1, 0.15) is 11.3 Å². The van der Waals surface area contributed by atoms with Gasteiger partial charge in [-0.2, -0.15) is 9.80 Å². The molecule has 4 aromatic rings. The lowest BCUT2D eigenvalue weighted by Crippen LogP contribution is -2.13. The summed E-state index contributed by atoms with van der Waals surface area (Å²) in [4.78, 5) is 28.3. The van der Waals surface area contributed by atoms with Crippen LogP contribution in [0, 0.1) is 6.92 Å². The van der Waals surface area contributed by atoms with E-state index in [1.807, 2.05) is 17.5 Å². The Labute approximate surface area is 183 Å². The number of aryl methyl sites for hydroxylation is 1. The molecule has 156 valence electrons. The van der Waals surface area contributed by atoms with Crippen molar-refractivity contribution in [2.75, 3.05) is 0 Å². The molecule has 11 heteroatoms. The Kier molecular flexibility index (Phi) is 5.40. The molecule has 0 aliphatic carbocycles. The van der Waals surface area contributed by atoms with Gasteiger partial charge in [-0.1, -0.05) is 23.7 Å². The van der Waals surface area contributed by atoms with Gasteiger partial charge in [0.2, 0.25) is 5.13 Å². The highest BCUT2D eigenvalue weighted by Crippen LogP contribution is 2.27. The maximum atomic E-state index is 12.8. The van der Waals surface area contributed by atoms with Gasteiger partial charge in [0, 0.05) is 22.0 Å². The minimum absolute atomic E-state index is 0.0741. The summed E-state index contributed by atoms with van der Waals surface area (Å²) in [7, 11) is 0. The van der Waals surface area contributed by atoms with Crippen LogP contribution in [0.4, 0.5) is 11.4 Å². The van der Waals surface area contributed by atoms with E-state index in [0.717, 1.165) is 11.6 Å². The Hall–Kier alpha value is -3.76. The second-order valence-electron chi connectivity index (χ2n) is 6.45. The first-order chi connectivity index (χ1) is 14.8. The fourth-order valence-electron chi connectivity index (χ4n) is 2.78. The number of rotatable bonds is 5. The SMILES string of the molecule is Cc1[nH]n(-c2nc(-c3ccc(Cl)cc3)cs2)c(=O)c1N=Nc1ccc(C(=O)O)c(O)c1. The fourth-order valence-corrected chi connectivity index (χ4v) is 3.70. The Morgan fingerprint density at radius 2 is 1.94 bits per heavy atom. The summed E-state index contributed by atoms with van der Waals surface area (Å²) in [5.74, 6) is -1.70. The van der Waals surface area contributed by atoms with Crippen molar-refractivity contribution < 1.29 is 15.0 Å². The van der Waals surface area contributed by atoms with Crippen LogP contribution in [0.3, 0.4) is 0 Å². The van der Waals surface area contributed by atoms with Crippen molar-refractivity contribution in [1.82, 2.24) is 14.8 Å². The molecule has 0 bridgehead atoms. The van der Waals surface area contributed by atoms with Crippen LogP contribution in [0.2, 0.25) is 5.02 Å². The van der Waals surface area contributed by atoms with Crippen molar-refractivity contribution in [2.24, 2.45) is 10.2 Å². The van der Waals surface area contributed by atoms with Gasteiger partial charge in [0.05, 0.1) is 17.1 Å². The second kappa shape index (κ2) is 8.17. The Balaban J connectivity index is 1.63. The predicted octanol–water partition coefficient (Wildman–Crippen LogP) is 5.07. The van der Waals surface area contributed by atoms with Gasteiger partial charge in [-0.05, 0) is 31.2 Å². The predicted molar refractivity (Wildman–Crippen MR) is 116 cm³/mol. The molecule has 0 unspecified atom stereocenters. The highest BCUT2D eigenvalue weighted by molar-refractivity contribution is 7.12. The lowest BCUT2D eigenvalue weighted by atomic mass is 10.2. The first-order valence-electron chi connectivity index (χ1n) is 8.85. The summed E-state index contributed by atoms with van der Waals surface area (Å²) >= 11 is 7.20. The van der Waals surface area contributed by atoms with Crippen LogP contribution in [0.1, 0.15) is 16.1 Å². The summed E-state index contributed by atoms with van der Waals surface area (Å²) in [6.45, 7) is 1.67. The number of carbonyl (C=O) groups is 1. The molecule has 0 spiro atoms. The van der Waals surface area contributed by atoms with Crippen LogP contribution >= 0.6 is 22.9 Å². The monoisotopic (exact) mass is 455 g/mol. The highest BCUT2D eigenvalue weighted by atomic mass is 35.5. The van der Waals surface area contributed by atoms with Gasteiger partial charge < -0.3 is 10.2 Å². The number of carboxylic acids is 1. The van der Waals surface area contributed by atoms with Crippen molar-refractivity contribution in [1.29, 1.82) is 0 Å². The number of azo groups is 1. The van der Waals surface area contributed by atoms with Crippen molar-refractivity contribution in [2.45, 2.75) is 6.92 Å². The number of benzene rings is 2. The molecule has 3 N–H and O–H groups in total. The van der Waals surface area contributed by atoms with Gasteiger partial charge >= 0.3 is 11.5 Å². The number of phenols is 1. The summed E-state index contributed by atoms with van der Waals surface area (Å²) in [5, 5.41) is 32.4. The summed E-state index contributed by atoms with van der Waals surface area (Å²) in [6.07, 6.45) is 0. The minimum Gasteiger partial charge on any atom is -0.507 e. The number of nitrogens with one attached hydrogen (secondary N) is 1. The van der Waals surface area contributed by atoms with E-state index in [1.165, 1.54) is 28.2 Å². The number of aromatic carboxylic acids is 1. The largest absolute Gasteiger partial charge is 0.507 e. The summed E-state index contributed by atoms with van der Waals surface area (Å²) in [5.41, 5.74) is 1.63. The Morgan fingerprint density at radius 1 is 1.19 bits per heavy atom. The molecule has 9 nitrogen and oxygen atoms in total. The van der Waals surface area contributed by atoms with Crippen LogP contribution in [0.15, 0.2) is 62.9 Å². The lowest BCUT2D eigenvalue weighted by Gasteiger charge is -1.99. The molecule has 2 aromatic carbocycles. The van der Waals surface area contributed by atoms with Gasteiger partial charge in [0.15, 0.2) is 5.69 Å². The molecule has 0 amide bonds. The number of hydrogen-bond acceptors (Lipinski definition) is 7. The molecular formula is C20H14ClN5O4S. The molecule has 2 aromatic heterocycles. The zero-order chi connectivity index (χ0) is 22.1. The van der Waals surface area contributed by atoms with Gasteiger partial charge in [0.25, 0.3) is 0 Å². The normalized spacial score (nSPS) is 11.3. The van der Waals surface area contributed by atoms with Crippen LogP contribution in [0.5, 0.6) is 5.75 Å². The highest BCUT2D eigenvalue weighted by Gasteiger charge is 2.16. The number of aromatic amines is 1. The van der Waals surface area contributed by atoms with E-state index in [2.05, 4.69) is 20.3 Å². The van der Waals surface area contributed by atoms with E-state index in [4.69, 9.17) is 16.7 Å². The third-order valence-electron chi connectivity index (χ3n) is 4.34. The number of H-pyrrole nitrogens is 1. The first-order valence-corrected chi connectivity index (χ1v) is 10.1. The average molecular weight is 456 g/mol. The smallest absolute Gasteiger partial charge is 0.339 e. The number of thiazole rings is 1. The lowest BCUT2D eigenvalue weighted by molar-refractivity contribution is 0.0694. The second-order valence-corrected chi connectivity index (χ2v) is 7.73. The molecule has 0 aliphatic rings. The number of halogens is 1. The summed E-state index contributed by atoms with van der Waals surface area (Å²) < 4.78 is 1.28. The molecular weight excluding hydrogens is 442 g/mol. The molecule has 0 saturated heterocycles. The molecule has 0 fully saturated rings. The topological polar surface area (TPSA) is 133 Å². The Morgan fingerprint density at radius 3 is 2.61 bits per heavy atom. The fraction of sp³-hybridized carbons (Fsp3) is 0.0500. The van der Waals surface area contributed by atoms with Crippen LogP contribution in [-0.2, 0) is 0 Å². The molecule has 0 atom stereocenters. The van der Waals surface area contributed by atoms with Crippen molar-refractivity contribution >= 4 is 40.3 Å². The van der Waals surface area contributed by atoms with E-state index < -0.39 is 17.3 Å². The molecule has 2 heterocycles. The van der Waals surface area contributed by atoms with Crippen LogP contribution in [0.25, 0.3) is 16.4 Å². The minimum atomic E-state index is -1.26. The van der Waals surface area contributed by atoms with Crippen molar-refractivity contribution in [3.8, 4) is 22.1 Å². The van der Waals surface area contributed by atoms with Crippen molar-refractivity contribution in [3.05, 3.63) is 74.5 Å². The van der Waals surface area contributed by atoms with E-state index in [1.54, 1.807) is 19.1 Å².